The lowest BCUT2D eigenvalue weighted by Gasteiger charge is -2.27. The number of fused-ring (bicyclic) bond motifs is 1. The lowest BCUT2D eigenvalue weighted by atomic mass is 10.1. The summed E-state index contributed by atoms with van der Waals surface area (Å²) in [6.45, 7) is 3.13. The summed E-state index contributed by atoms with van der Waals surface area (Å²) in [5, 5.41) is 8.17. The molecule has 2 aromatic carbocycles. The molecule has 3 heterocycles. The van der Waals surface area contributed by atoms with Crippen LogP contribution in [0.2, 0.25) is 5.02 Å². The number of rotatable bonds is 6. The predicted molar refractivity (Wildman–Crippen MR) is 130 cm³/mol. The number of aryl methyl sites for hydroxylation is 2. The van der Waals surface area contributed by atoms with Crippen molar-refractivity contribution in [3.05, 3.63) is 94.4 Å². The Bertz CT molecular complexity index is 1360. The van der Waals surface area contributed by atoms with E-state index >= 15 is 0 Å². The molecule has 5 rings (SSSR count). The second-order valence-corrected chi connectivity index (χ2v) is 8.68. The Morgan fingerprint density at radius 3 is 2.68 bits per heavy atom. The maximum Gasteiger partial charge on any atom is 0.251 e. The van der Waals surface area contributed by atoms with Gasteiger partial charge in [-0.05, 0) is 48.9 Å². The predicted octanol–water partition coefficient (Wildman–Crippen LogP) is 4.97. The summed E-state index contributed by atoms with van der Waals surface area (Å²) in [6, 6.07) is 20.4. The highest BCUT2D eigenvalue weighted by atomic mass is 35.5. The van der Waals surface area contributed by atoms with Gasteiger partial charge in [0.25, 0.3) is 5.91 Å². The van der Waals surface area contributed by atoms with Crippen molar-refractivity contribution in [1.29, 1.82) is 0 Å². The Kier molecular flexibility index (Phi) is 5.94. The molecule has 34 heavy (non-hydrogen) atoms. The standard InChI is InChI=1S/C26H23ClN4O3/c1-17-5-10-22(34-17)15-28-26(33)19-8-6-18(7-9-19)16-30-24-14-23(20-3-2-4-21(27)13-20)29-31(24)12-11-25(30)32/h2-10,13-14H,11-12,15-16H2,1H3,(H,28,33). The quantitative estimate of drug-likeness (QED) is 0.427. The van der Waals surface area contributed by atoms with Gasteiger partial charge >= 0.3 is 0 Å². The lowest BCUT2D eigenvalue weighted by molar-refractivity contribution is -0.119. The van der Waals surface area contributed by atoms with Crippen LogP contribution in [0.25, 0.3) is 11.3 Å². The average Bonchev–Trinajstić information content (AvgIpc) is 3.46. The molecule has 0 aliphatic carbocycles. The maximum absolute atomic E-state index is 12.7. The summed E-state index contributed by atoms with van der Waals surface area (Å²) in [7, 11) is 0. The summed E-state index contributed by atoms with van der Waals surface area (Å²) in [5.74, 6) is 2.13. The van der Waals surface area contributed by atoms with E-state index in [2.05, 4.69) is 10.4 Å². The maximum atomic E-state index is 12.7. The number of halogens is 1. The Balaban J connectivity index is 1.29. The van der Waals surface area contributed by atoms with E-state index in [1.54, 1.807) is 17.0 Å². The number of amides is 2. The van der Waals surface area contributed by atoms with Crippen molar-refractivity contribution in [2.45, 2.75) is 33.0 Å². The number of anilines is 1. The molecule has 0 atom stereocenters. The van der Waals surface area contributed by atoms with Crippen LogP contribution in [0.5, 0.6) is 0 Å². The van der Waals surface area contributed by atoms with Crippen molar-refractivity contribution in [2.75, 3.05) is 4.90 Å². The molecule has 8 heteroatoms. The molecule has 0 saturated heterocycles. The molecule has 172 valence electrons. The number of hydrogen-bond donors (Lipinski definition) is 1. The largest absolute Gasteiger partial charge is 0.465 e. The number of benzene rings is 2. The van der Waals surface area contributed by atoms with Gasteiger partial charge in [0, 0.05) is 28.6 Å². The Labute approximate surface area is 201 Å². The van der Waals surface area contributed by atoms with Gasteiger partial charge in [-0.1, -0.05) is 35.9 Å². The summed E-state index contributed by atoms with van der Waals surface area (Å²) in [6.07, 6.45) is 0.385. The van der Waals surface area contributed by atoms with E-state index < -0.39 is 0 Å². The van der Waals surface area contributed by atoms with E-state index in [1.807, 2.05) is 66.2 Å². The molecule has 7 nitrogen and oxygen atoms in total. The summed E-state index contributed by atoms with van der Waals surface area (Å²) in [5.41, 5.74) is 3.15. The molecular formula is C26H23ClN4O3. The zero-order valence-corrected chi connectivity index (χ0v) is 19.4. The van der Waals surface area contributed by atoms with Crippen molar-refractivity contribution in [3.8, 4) is 11.3 Å². The van der Waals surface area contributed by atoms with E-state index in [9.17, 15) is 9.59 Å². The van der Waals surface area contributed by atoms with E-state index in [0.29, 0.717) is 42.4 Å². The second-order valence-electron chi connectivity index (χ2n) is 8.24. The number of nitrogens with one attached hydrogen (secondary N) is 1. The van der Waals surface area contributed by atoms with Crippen molar-refractivity contribution < 1.29 is 14.0 Å². The minimum atomic E-state index is -0.182. The van der Waals surface area contributed by atoms with Gasteiger partial charge in [-0.2, -0.15) is 5.10 Å². The lowest BCUT2D eigenvalue weighted by Crippen LogP contribution is -2.36. The number of hydrogen-bond acceptors (Lipinski definition) is 4. The normalized spacial score (nSPS) is 13.1. The Hall–Kier alpha value is -3.84. The molecule has 0 saturated carbocycles. The average molecular weight is 475 g/mol. The van der Waals surface area contributed by atoms with Crippen LogP contribution in [0.1, 0.15) is 33.9 Å². The minimum absolute atomic E-state index is 0.0422. The minimum Gasteiger partial charge on any atom is -0.465 e. The highest BCUT2D eigenvalue weighted by Gasteiger charge is 2.26. The number of aromatic nitrogens is 2. The molecule has 2 aromatic heterocycles. The van der Waals surface area contributed by atoms with Gasteiger partial charge in [-0.25, -0.2) is 4.68 Å². The molecular weight excluding hydrogens is 452 g/mol. The number of carbonyl (C=O) groups is 2. The van der Waals surface area contributed by atoms with E-state index in [4.69, 9.17) is 16.0 Å². The van der Waals surface area contributed by atoms with E-state index in [0.717, 1.165) is 28.4 Å². The zero-order valence-electron chi connectivity index (χ0n) is 18.6. The molecule has 1 N–H and O–H groups in total. The van der Waals surface area contributed by atoms with Gasteiger partial charge in [0.1, 0.15) is 17.3 Å². The molecule has 2 amide bonds. The van der Waals surface area contributed by atoms with Gasteiger partial charge in [-0.3, -0.25) is 14.5 Å². The first-order valence-electron chi connectivity index (χ1n) is 11.0. The van der Waals surface area contributed by atoms with E-state index in [1.165, 1.54) is 0 Å². The van der Waals surface area contributed by atoms with Crippen LogP contribution in [-0.4, -0.2) is 21.6 Å². The third-order valence-corrected chi connectivity index (χ3v) is 6.01. The van der Waals surface area contributed by atoms with Gasteiger partial charge in [0.05, 0.1) is 25.3 Å². The van der Waals surface area contributed by atoms with Crippen LogP contribution in [0.15, 0.2) is 71.1 Å². The number of carbonyl (C=O) groups excluding carboxylic acids is 2. The Morgan fingerprint density at radius 2 is 1.94 bits per heavy atom. The Morgan fingerprint density at radius 1 is 1.12 bits per heavy atom. The van der Waals surface area contributed by atoms with Crippen LogP contribution < -0.4 is 10.2 Å². The van der Waals surface area contributed by atoms with Crippen LogP contribution in [0, 0.1) is 6.92 Å². The topological polar surface area (TPSA) is 80.4 Å². The highest BCUT2D eigenvalue weighted by molar-refractivity contribution is 6.30. The zero-order chi connectivity index (χ0) is 23.7. The van der Waals surface area contributed by atoms with Gasteiger partial charge in [0.2, 0.25) is 5.91 Å². The monoisotopic (exact) mass is 474 g/mol. The fourth-order valence-electron chi connectivity index (χ4n) is 4.00. The van der Waals surface area contributed by atoms with Crippen molar-refractivity contribution in [3.63, 3.8) is 0 Å². The first-order chi connectivity index (χ1) is 16.5. The van der Waals surface area contributed by atoms with Gasteiger partial charge < -0.3 is 9.73 Å². The van der Waals surface area contributed by atoms with Crippen molar-refractivity contribution in [1.82, 2.24) is 15.1 Å². The molecule has 0 bridgehead atoms. The summed E-state index contributed by atoms with van der Waals surface area (Å²) in [4.78, 5) is 26.9. The summed E-state index contributed by atoms with van der Waals surface area (Å²) < 4.78 is 7.34. The highest BCUT2D eigenvalue weighted by Crippen LogP contribution is 2.30. The van der Waals surface area contributed by atoms with Gasteiger partial charge in [0.15, 0.2) is 0 Å². The van der Waals surface area contributed by atoms with Crippen LogP contribution >= 0.6 is 11.6 Å². The van der Waals surface area contributed by atoms with Gasteiger partial charge in [-0.15, -0.1) is 0 Å². The summed E-state index contributed by atoms with van der Waals surface area (Å²) >= 11 is 6.14. The van der Waals surface area contributed by atoms with Crippen LogP contribution in [0.3, 0.4) is 0 Å². The first kappa shape index (κ1) is 22.0. The molecule has 1 aliphatic heterocycles. The molecule has 0 unspecified atom stereocenters. The van der Waals surface area contributed by atoms with Crippen LogP contribution in [0.4, 0.5) is 5.82 Å². The molecule has 0 fully saturated rings. The molecule has 4 aromatic rings. The smallest absolute Gasteiger partial charge is 0.251 e. The fraction of sp³-hybridized carbons (Fsp3) is 0.192. The SMILES string of the molecule is Cc1ccc(CNC(=O)c2ccc(CN3C(=O)CCn4nc(-c5cccc(Cl)c5)cc43)cc2)o1. The number of furan rings is 1. The molecule has 0 radical (unpaired) electrons. The van der Waals surface area contributed by atoms with Crippen LogP contribution in [-0.2, 0) is 24.4 Å². The van der Waals surface area contributed by atoms with Crippen molar-refractivity contribution in [2.24, 2.45) is 0 Å². The second kappa shape index (κ2) is 9.19. The molecule has 0 spiro atoms. The first-order valence-corrected chi connectivity index (χ1v) is 11.4. The number of nitrogens with zero attached hydrogens (tertiary/aromatic N) is 3. The van der Waals surface area contributed by atoms with Crippen molar-refractivity contribution >= 4 is 29.2 Å². The van der Waals surface area contributed by atoms with E-state index in [-0.39, 0.29) is 11.8 Å². The third kappa shape index (κ3) is 4.61. The molecule has 1 aliphatic rings. The third-order valence-electron chi connectivity index (χ3n) is 5.77. The fourth-order valence-corrected chi connectivity index (χ4v) is 4.20.